The molecule has 1 atom stereocenters. The quantitative estimate of drug-likeness (QED) is 0.178. The minimum absolute atomic E-state index is 0.0524. The molecule has 4 rings (SSSR count). The molecule has 0 aliphatic carbocycles. The number of benzene rings is 4. The van der Waals surface area contributed by atoms with Gasteiger partial charge in [-0.2, -0.15) is 0 Å². The molecule has 0 saturated heterocycles. The number of carbonyl (C=O) groups excluding carboxylic acids is 2. The molecular weight excluding hydrogens is 606 g/mol. The van der Waals surface area contributed by atoms with Gasteiger partial charge in [0.25, 0.3) is 10.0 Å². The van der Waals surface area contributed by atoms with E-state index in [1.165, 1.54) is 17.0 Å². The lowest BCUT2D eigenvalue weighted by molar-refractivity contribution is -0.140. The van der Waals surface area contributed by atoms with Crippen molar-refractivity contribution in [1.29, 1.82) is 0 Å². The average molecular weight is 646 g/mol. The van der Waals surface area contributed by atoms with Gasteiger partial charge in [-0.05, 0) is 67.3 Å². The van der Waals surface area contributed by atoms with Crippen LogP contribution in [-0.2, 0) is 32.6 Å². The van der Waals surface area contributed by atoms with Crippen LogP contribution in [0.2, 0.25) is 5.02 Å². The number of carbonyl (C=O) groups is 2. The van der Waals surface area contributed by atoms with Crippen LogP contribution in [0.25, 0.3) is 0 Å². The molecule has 0 aliphatic heterocycles. The summed E-state index contributed by atoms with van der Waals surface area (Å²) in [6.45, 7) is 7.87. The molecule has 0 aliphatic rings. The number of hydrogen-bond donors (Lipinski definition) is 1. The van der Waals surface area contributed by atoms with Crippen molar-refractivity contribution in [3.05, 3.63) is 130 Å². The molecule has 0 heterocycles. The highest BCUT2D eigenvalue weighted by Gasteiger charge is 2.34. The van der Waals surface area contributed by atoms with Crippen molar-refractivity contribution < 1.29 is 18.0 Å². The zero-order valence-corrected chi connectivity index (χ0v) is 27.7. The second-order valence-electron chi connectivity index (χ2n) is 11.7. The molecular formula is C36H40ClN3O4S. The maximum absolute atomic E-state index is 14.5. The number of aryl methyl sites for hydroxylation is 2. The van der Waals surface area contributed by atoms with Crippen LogP contribution in [0.15, 0.2) is 108 Å². The number of nitrogens with zero attached hydrogens (tertiary/aromatic N) is 2. The predicted octanol–water partition coefficient (Wildman–Crippen LogP) is 6.56. The largest absolute Gasteiger partial charge is 0.354 e. The van der Waals surface area contributed by atoms with Gasteiger partial charge >= 0.3 is 0 Å². The molecule has 9 heteroatoms. The molecule has 1 N–H and O–H groups in total. The molecule has 0 radical (unpaired) electrons. The summed E-state index contributed by atoms with van der Waals surface area (Å²) in [5.41, 5.74) is 3.91. The van der Waals surface area contributed by atoms with Gasteiger partial charge in [0, 0.05) is 24.5 Å². The van der Waals surface area contributed by atoms with Gasteiger partial charge in [-0.3, -0.25) is 13.9 Å². The third-order valence-electron chi connectivity index (χ3n) is 7.39. The Labute approximate surface area is 271 Å². The lowest BCUT2D eigenvalue weighted by atomic mass is 10.0. The molecule has 4 aromatic carbocycles. The third kappa shape index (κ3) is 9.19. The first-order chi connectivity index (χ1) is 21.4. The molecule has 4 aromatic rings. The van der Waals surface area contributed by atoms with E-state index < -0.39 is 28.5 Å². The number of amides is 2. The van der Waals surface area contributed by atoms with Crippen molar-refractivity contribution in [2.24, 2.45) is 5.92 Å². The molecule has 236 valence electrons. The smallest absolute Gasteiger partial charge is 0.264 e. The summed E-state index contributed by atoms with van der Waals surface area (Å²) in [6, 6.07) is 29.1. The van der Waals surface area contributed by atoms with Crippen LogP contribution in [0.3, 0.4) is 0 Å². The maximum Gasteiger partial charge on any atom is 0.264 e. The third-order valence-corrected chi connectivity index (χ3v) is 9.43. The van der Waals surface area contributed by atoms with Crippen LogP contribution < -0.4 is 9.62 Å². The zero-order valence-electron chi connectivity index (χ0n) is 26.1. The van der Waals surface area contributed by atoms with Crippen LogP contribution in [0.4, 0.5) is 5.69 Å². The van der Waals surface area contributed by atoms with Crippen LogP contribution >= 0.6 is 11.6 Å². The molecule has 0 bridgehead atoms. The van der Waals surface area contributed by atoms with Crippen molar-refractivity contribution in [3.8, 4) is 0 Å². The Morgan fingerprint density at radius 1 is 0.800 bits per heavy atom. The molecule has 45 heavy (non-hydrogen) atoms. The van der Waals surface area contributed by atoms with Crippen LogP contribution in [0.1, 0.15) is 36.1 Å². The van der Waals surface area contributed by atoms with Crippen molar-refractivity contribution >= 4 is 39.1 Å². The van der Waals surface area contributed by atoms with E-state index in [9.17, 15) is 18.0 Å². The summed E-state index contributed by atoms with van der Waals surface area (Å²) in [6.07, 6.45) is 0.258. The summed E-state index contributed by atoms with van der Waals surface area (Å²) < 4.78 is 29.3. The van der Waals surface area contributed by atoms with Gasteiger partial charge < -0.3 is 10.2 Å². The maximum atomic E-state index is 14.5. The fraction of sp³-hybridized carbons (Fsp3) is 0.278. The standard InChI is InChI=1S/C36H40ClN3O4S/c1-26(2)23-38-36(42)34(22-29-10-6-5-7-11-29)39(24-30-12-8-9-28(4)21-30)35(41)25-40(32-17-15-31(37)16-18-32)45(43,44)33-19-13-27(3)14-20-33/h5-21,26,34H,22-25H2,1-4H3,(H,38,42)/t34-/m0/s1. The first kappa shape index (κ1) is 33.7. The minimum atomic E-state index is -4.18. The lowest BCUT2D eigenvalue weighted by Gasteiger charge is -2.34. The second kappa shape index (κ2) is 15.2. The number of anilines is 1. The average Bonchev–Trinajstić information content (AvgIpc) is 3.01. The summed E-state index contributed by atoms with van der Waals surface area (Å²) in [5, 5.41) is 3.44. The van der Waals surface area contributed by atoms with E-state index in [2.05, 4.69) is 5.32 Å². The number of halogens is 1. The normalized spacial score (nSPS) is 12.0. The number of rotatable bonds is 13. The highest BCUT2D eigenvalue weighted by Crippen LogP contribution is 2.27. The summed E-state index contributed by atoms with van der Waals surface area (Å²) >= 11 is 6.14. The van der Waals surface area contributed by atoms with E-state index in [-0.39, 0.29) is 35.4 Å². The first-order valence-corrected chi connectivity index (χ1v) is 16.8. The lowest BCUT2D eigenvalue weighted by Crippen LogP contribution is -2.53. The number of nitrogens with one attached hydrogen (secondary N) is 1. The van der Waals surface area contributed by atoms with Gasteiger partial charge in [-0.15, -0.1) is 0 Å². The van der Waals surface area contributed by atoms with Gasteiger partial charge in [0.15, 0.2) is 0 Å². The van der Waals surface area contributed by atoms with Gasteiger partial charge in [0.1, 0.15) is 12.6 Å². The molecule has 0 unspecified atom stereocenters. The molecule has 0 fully saturated rings. The van der Waals surface area contributed by atoms with E-state index >= 15 is 0 Å². The topological polar surface area (TPSA) is 86.8 Å². The Morgan fingerprint density at radius 3 is 2.07 bits per heavy atom. The summed E-state index contributed by atoms with van der Waals surface area (Å²) in [4.78, 5) is 29.9. The molecule has 2 amide bonds. The van der Waals surface area contributed by atoms with E-state index in [1.807, 2.05) is 82.3 Å². The Bertz CT molecular complexity index is 1690. The van der Waals surface area contributed by atoms with Crippen molar-refractivity contribution in [1.82, 2.24) is 10.2 Å². The van der Waals surface area contributed by atoms with Crippen LogP contribution in [-0.4, -0.2) is 44.3 Å². The zero-order chi connectivity index (χ0) is 32.6. The van der Waals surface area contributed by atoms with Gasteiger partial charge in [-0.1, -0.05) is 103 Å². The van der Waals surface area contributed by atoms with E-state index in [4.69, 9.17) is 11.6 Å². The molecule has 0 spiro atoms. The Kier molecular flexibility index (Phi) is 11.4. The van der Waals surface area contributed by atoms with Gasteiger partial charge in [-0.25, -0.2) is 8.42 Å². The number of sulfonamides is 1. The van der Waals surface area contributed by atoms with Crippen molar-refractivity contribution in [2.45, 2.75) is 51.6 Å². The molecule has 0 aromatic heterocycles. The minimum Gasteiger partial charge on any atom is -0.354 e. The van der Waals surface area contributed by atoms with E-state index in [0.29, 0.717) is 11.6 Å². The molecule has 0 saturated carbocycles. The Morgan fingerprint density at radius 2 is 1.44 bits per heavy atom. The SMILES string of the molecule is Cc1ccc(S(=O)(=O)N(CC(=O)N(Cc2cccc(C)c2)[C@@H](Cc2ccccc2)C(=O)NCC(C)C)c2ccc(Cl)cc2)cc1. The Hall–Kier alpha value is -4.14. The van der Waals surface area contributed by atoms with E-state index in [1.54, 1.807) is 36.4 Å². The first-order valence-electron chi connectivity index (χ1n) is 15.0. The fourth-order valence-electron chi connectivity index (χ4n) is 4.96. The monoisotopic (exact) mass is 645 g/mol. The predicted molar refractivity (Wildman–Crippen MR) is 181 cm³/mol. The summed E-state index contributed by atoms with van der Waals surface area (Å²) in [7, 11) is -4.18. The van der Waals surface area contributed by atoms with Crippen molar-refractivity contribution in [2.75, 3.05) is 17.4 Å². The fourth-order valence-corrected chi connectivity index (χ4v) is 6.50. The Balaban J connectivity index is 1.79. The van der Waals surface area contributed by atoms with Crippen LogP contribution in [0.5, 0.6) is 0 Å². The highest BCUT2D eigenvalue weighted by atomic mass is 35.5. The van der Waals surface area contributed by atoms with Gasteiger partial charge in [0.2, 0.25) is 11.8 Å². The van der Waals surface area contributed by atoms with Crippen molar-refractivity contribution in [3.63, 3.8) is 0 Å². The van der Waals surface area contributed by atoms with E-state index in [0.717, 1.165) is 26.6 Å². The second-order valence-corrected chi connectivity index (χ2v) is 14.0. The highest BCUT2D eigenvalue weighted by molar-refractivity contribution is 7.92. The molecule has 7 nitrogen and oxygen atoms in total. The summed E-state index contributed by atoms with van der Waals surface area (Å²) in [5.74, 6) is -0.608. The number of hydrogen-bond acceptors (Lipinski definition) is 4. The van der Waals surface area contributed by atoms with Gasteiger partial charge in [0.05, 0.1) is 10.6 Å². The van der Waals surface area contributed by atoms with Crippen LogP contribution in [0, 0.1) is 19.8 Å².